The lowest BCUT2D eigenvalue weighted by Crippen LogP contribution is -1.98. The second kappa shape index (κ2) is 3.86. The lowest BCUT2D eigenvalue weighted by molar-refractivity contribution is 1.16. The molecule has 0 aromatic heterocycles. The van der Waals surface area contributed by atoms with Gasteiger partial charge in [0.05, 0.1) is 5.70 Å². The molecule has 5 nitrogen and oxygen atoms in total. The number of aliphatic imine (C=N–C) groups is 1. The van der Waals surface area contributed by atoms with E-state index in [-0.39, 0.29) is 0 Å². The Morgan fingerprint density at radius 3 is 3.00 bits per heavy atom. The van der Waals surface area contributed by atoms with Gasteiger partial charge >= 0.3 is 0 Å². The molecule has 0 saturated carbocycles. The lowest BCUT2D eigenvalue weighted by Gasteiger charge is -2.06. The van der Waals surface area contributed by atoms with Crippen LogP contribution in [0.15, 0.2) is 45.9 Å². The van der Waals surface area contributed by atoms with Crippen molar-refractivity contribution in [3.63, 3.8) is 0 Å². The first-order chi connectivity index (χ1) is 7.31. The molecule has 2 rings (SSSR count). The molecule has 0 bridgehead atoms. The minimum absolute atomic E-state index is 0.443. The Morgan fingerprint density at radius 1 is 1.40 bits per heavy atom. The molecule has 1 aliphatic heterocycles. The molecule has 0 unspecified atom stereocenters. The van der Waals surface area contributed by atoms with Crippen molar-refractivity contribution in [1.29, 1.82) is 0 Å². The fraction of sp³-hybridized carbons (Fsp3) is 0.100. The third kappa shape index (κ3) is 1.82. The third-order valence-electron chi connectivity index (χ3n) is 2.10. The van der Waals surface area contributed by atoms with Crippen LogP contribution >= 0.6 is 0 Å². The first-order valence-corrected chi connectivity index (χ1v) is 4.47. The molecule has 0 amide bonds. The Bertz CT molecular complexity index is 494. The molecule has 0 saturated heterocycles. The number of hydrogen-bond acceptors (Lipinski definition) is 3. The van der Waals surface area contributed by atoms with Crippen molar-refractivity contribution in [3.8, 4) is 0 Å². The van der Waals surface area contributed by atoms with Crippen LogP contribution in [0.5, 0.6) is 0 Å². The van der Waals surface area contributed by atoms with E-state index in [0.717, 1.165) is 11.3 Å². The van der Waals surface area contributed by atoms with Crippen LogP contribution in [0.2, 0.25) is 0 Å². The van der Waals surface area contributed by atoms with Gasteiger partial charge in [0.15, 0.2) is 0 Å². The average molecular weight is 199 g/mol. The highest BCUT2D eigenvalue weighted by molar-refractivity contribution is 5.89. The largest absolute Gasteiger partial charge is 0.352 e. The summed E-state index contributed by atoms with van der Waals surface area (Å²) in [6.07, 6.45) is 1.75. The molecule has 1 aromatic rings. The number of rotatable bonds is 1. The fourth-order valence-electron chi connectivity index (χ4n) is 1.31. The summed E-state index contributed by atoms with van der Waals surface area (Å²) in [5.41, 5.74) is 10.9. The van der Waals surface area contributed by atoms with Gasteiger partial charge in [0, 0.05) is 22.4 Å². The maximum absolute atomic E-state index is 8.41. The van der Waals surface area contributed by atoms with Gasteiger partial charge in [-0.25, -0.2) is 0 Å². The van der Waals surface area contributed by atoms with Crippen LogP contribution in [0.4, 0.5) is 5.69 Å². The molecule has 1 heterocycles. The molecule has 0 radical (unpaired) electrons. The first kappa shape index (κ1) is 9.30. The van der Waals surface area contributed by atoms with E-state index >= 15 is 0 Å². The van der Waals surface area contributed by atoms with Crippen LogP contribution < -0.4 is 5.32 Å². The smallest absolute Gasteiger partial charge is 0.124 e. The summed E-state index contributed by atoms with van der Waals surface area (Å²) >= 11 is 0. The van der Waals surface area contributed by atoms with Crippen molar-refractivity contribution < 1.29 is 0 Å². The monoisotopic (exact) mass is 199 g/mol. The van der Waals surface area contributed by atoms with Crippen molar-refractivity contribution >= 4 is 11.9 Å². The van der Waals surface area contributed by atoms with E-state index in [1.807, 2.05) is 24.3 Å². The Labute approximate surface area is 86.8 Å². The third-order valence-corrected chi connectivity index (χ3v) is 2.10. The Morgan fingerprint density at radius 2 is 2.20 bits per heavy atom. The number of nitrogens with one attached hydrogen (secondary N) is 1. The lowest BCUT2D eigenvalue weighted by atomic mass is 10.2. The zero-order valence-corrected chi connectivity index (χ0v) is 8.18. The van der Waals surface area contributed by atoms with Gasteiger partial charge in [-0.05, 0) is 23.6 Å². The summed E-state index contributed by atoms with van der Waals surface area (Å²) in [7, 11) is 0. The number of hydrogen-bond donors (Lipinski definition) is 1. The minimum atomic E-state index is 0.443. The molecule has 1 aromatic carbocycles. The molecule has 0 aliphatic carbocycles. The van der Waals surface area contributed by atoms with Crippen LogP contribution in [0, 0.1) is 0 Å². The zero-order valence-electron chi connectivity index (χ0n) is 8.18. The van der Waals surface area contributed by atoms with Gasteiger partial charge in [-0.3, -0.25) is 4.99 Å². The zero-order chi connectivity index (χ0) is 10.7. The summed E-state index contributed by atoms with van der Waals surface area (Å²) in [6, 6.07) is 7.69. The highest BCUT2D eigenvalue weighted by Gasteiger charge is 2.07. The topological polar surface area (TPSA) is 73.2 Å². The maximum Gasteiger partial charge on any atom is 0.124 e. The van der Waals surface area contributed by atoms with Crippen LogP contribution in [0.25, 0.3) is 10.4 Å². The second-order valence-electron chi connectivity index (χ2n) is 3.09. The summed E-state index contributed by atoms with van der Waals surface area (Å²) in [5.74, 6) is 0.443. The average Bonchev–Trinajstić information content (AvgIpc) is 2.41. The molecular formula is C10H9N5. The number of nitrogens with zero attached hydrogens (tertiary/aromatic N) is 4. The van der Waals surface area contributed by atoms with E-state index in [4.69, 9.17) is 5.53 Å². The number of para-hydroxylation sites is 1. The fourth-order valence-corrected chi connectivity index (χ4v) is 1.31. The summed E-state index contributed by atoms with van der Waals surface area (Å²) in [4.78, 5) is 6.95. The van der Waals surface area contributed by atoms with Gasteiger partial charge in [-0.15, -0.1) is 0 Å². The van der Waals surface area contributed by atoms with Crippen molar-refractivity contribution in [3.05, 3.63) is 51.8 Å². The van der Waals surface area contributed by atoms with Gasteiger partial charge in [-0.2, -0.15) is 0 Å². The van der Waals surface area contributed by atoms with Gasteiger partial charge in [0.2, 0.25) is 0 Å². The summed E-state index contributed by atoms with van der Waals surface area (Å²) in [6.45, 7) is 1.79. The van der Waals surface area contributed by atoms with E-state index in [0.29, 0.717) is 11.5 Å². The Balaban J connectivity index is 2.50. The van der Waals surface area contributed by atoms with Crippen molar-refractivity contribution in [1.82, 2.24) is 0 Å². The normalized spacial score (nSPS) is 13.7. The number of fused-ring (bicyclic) bond motifs is 1. The number of anilines is 1. The van der Waals surface area contributed by atoms with Crippen LogP contribution in [-0.2, 0) is 0 Å². The second-order valence-corrected chi connectivity index (χ2v) is 3.09. The van der Waals surface area contributed by atoms with E-state index in [1.165, 1.54) is 0 Å². The van der Waals surface area contributed by atoms with Crippen molar-refractivity contribution in [2.75, 3.05) is 5.32 Å². The minimum Gasteiger partial charge on any atom is -0.352 e. The first-order valence-electron chi connectivity index (χ1n) is 4.47. The van der Waals surface area contributed by atoms with Crippen LogP contribution in [0.3, 0.4) is 0 Å². The molecule has 0 fully saturated rings. The number of allylic oxidation sites excluding steroid dienone is 1. The van der Waals surface area contributed by atoms with Crippen LogP contribution in [0.1, 0.15) is 12.5 Å². The maximum atomic E-state index is 8.41. The van der Waals surface area contributed by atoms with E-state index in [1.54, 1.807) is 13.1 Å². The Kier molecular flexibility index (Phi) is 2.39. The van der Waals surface area contributed by atoms with Gasteiger partial charge in [0.1, 0.15) is 5.82 Å². The predicted octanol–water partition coefficient (Wildman–Crippen LogP) is 3.03. The van der Waals surface area contributed by atoms with Crippen molar-refractivity contribution in [2.45, 2.75) is 6.92 Å². The van der Waals surface area contributed by atoms with Crippen LogP contribution in [-0.4, -0.2) is 6.21 Å². The van der Waals surface area contributed by atoms with E-state index in [2.05, 4.69) is 20.3 Å². The highest BCUT2D eigenvalue weighted by atomic mass is 15.2. The molecule has 5 heteroatoms. The molecule has 74 valence electrons. The standard InChI is InChI=1S/C10H9N5/c1-7-10(14-15-11)13-9-5-3-2-4-8(9)6-12-7/h2-6,13H,1H3. The Hall–Kier alpha value is -2.26. The van der Waals surface area contributed by atoms with E-state index in [9.17, 15) is 0 Å². The molecule has 0 atom stereocenters. The van der Waals surface area contributed by atoms with Gasteiger partial charge < -0.3 is 5.32 Å². The molecule has 0 spiro atoms. The predicted molar refractivity (Wildman–Crippen MR) is 59.5 cm³/mol. The summed E-state index contributed by atoms with van der Waals surface area (Å²) < 4.78 is 0. The molecular weight excluding hydrogens is 190 g/mol. The van der Waals surface area contributed by atoms with E-state index < -0.39 is 0 Å². The van der Waals surface area contributed by atoms with Gasteiger partial charge in [-0.1, -0.05) is 18.2 Å². The quantitative estimate of drug-likeness (QED) is 0.421. The number of azide groups is 1. The molecule has 1 aliphatic rings. The van der Waals surface area contributed by atoms with Crippen molar-refractivity contribution in [2.24, 2.45) is 10.1 Å². The molecule has 15 heavy (non-hydrogen) atoms. The highest BCUT2D eigenvalue weighted by Crippen LogP contribution is 2.21. The number of benzene rings is 1. The summed E-state index contributed by atoms with van der Waals surface area (Å²) in [5, 5.41) is 6.60. The molecule has 1 N–H and O–H groups in total. The van der Waals surface area contributed by atoms with Gasteiger partial charge in [0.25, 0.3) is 0 Å². The SMILES string of the molecule is CC1=C(N=[N+]=[N-])Nc2ccccc2C=N1.